The maximum absolute atomic E-state index is 12.2. The fourth-order valence-corrected chi connectivity index (χ4v) is 2.36. The lowest BCUT2D eigenvalue weighted by molar-refractivity contribution is 0.0502. The number of likely N-dealkylation sites (tertiary alicyclic amines) is 1. The molecule has 1 aromatic heterocycles. The Balaban J connectivity index is 1.86. The summed E-state index contributed by atoms with van der Waals surface area (Å²) in [6.07, 6.45) is 1.82. The zero-order chi connectivity index (χ0) is 15.6. The molecular formula is C14H20ClN3O3. The van der Waals surface area contributed by atoms with E-state index in [-0.39, 0.29) is 11.9 Å². The second-order valence-corrected chi connectivity index (χ2v) is 6.55. The summed E-state index contributed by atoms with van der Waals surface area (Å²) in [4.78, 5) is 28.4. The molecule has 0 aromatic carbocycles. The monoisotopic (exact) mass is 313 g/mol. The molecule has 7 heteroatoms. The number of aromatic amines is 1. The molecule has 1 aromatic rings. The summed E-state index contributed by atoms with van der Waals surface area (Å²) in [6.45, 7) is 6.49. The van der Waals surface area contributed by atoms with Crippen molar-refractivity contribution in [1.29, 1.82) is 0 Å². The smallest absolute Gasteiger partial charge is 0.407 e. The maximum Gasteiger partial charge on any atom is 0.407 e. The molecule has 2 heterocycles. The predicted molar refractivity (Wildman–Crippen MR) is 79.5 cm³/mol. The number of hydrogen-bond donors (Lipinski definition) is 2. The van der Waals surface area contributed by atoms with Crippen molar-refractivity contribution in [1.82, 2.24) is 15.2 Å². The molecule has 1 saturated heterocycles. The molecule has 1 atom stereocenters. The van der Waals surface area contributed by atoms with Gasteiger partial charge < -0.3 is 19.9 Å². The molecule has 1 fully saturated rings. The third-order valence-electron chi connectivity index (χ3n) is 3.07. The quantitative estimate of drug-likeness (QED) is 0.880. The number of alkyl carbamates (subject to hydrolysis) is 1. The fraction of sp³-hybridized carbons (Fsp3) is 0.571. The van der Waals surface area contributed by atoms with E-state index >= 15 is 0 Å². The molecule has 0 radical (unpaired) electrons. The molecule has 6 nitrogen and oxygen atoms in total. The summed E-state index contributed by atoms with van der Waals surface area (Å²) >= 11 is 5.79. The molecule has 2 N–H and O–H groups in total. The predicted octanol–water partition coefficient (Wildman–Crippen LogP) is 2.41. The summed E-state index contributed by atoms with van der Waals surface area (Å²) in [5, 5.41) is 3.29. The van der Waals surface area contributed by atoms with Crippen molar-refractivity contribution in [2.75, 3.05) is 13.1 Å². The SMILES string of the molecule is CC(C)(C)OC(=O)N[C@H]1CCN(C(=O)c2cc(Cl)c[nH]2)C1. The number of halogens is 1. The van der Waals surface area contributed by atoms with Gasteiger partial charge in [-0.15, -0.1) is 0 Å². The van der Waals surface area contributed by atoms with Crippen LogP contribution in [0.25, 0.3) is 0 Å². The van der Waals surface area contributed by atoms with Gasteiger partial charge in [-0.25, -0.2) is 4.79 Å². The molecule has 2 rings (SSSR count). The lowest BCUT2D eigenvalue weighted by atomic mass is 10.2. The van der Waals surface area contributed by atoms with Gasteiger partial charge in [-0.2, -0.15) is 0 Å². The number of ether oxygens (including phenoxy) is 1. The van der Waals surface area contributed by atoms with Gasteiger partial charge in [-0.3, -0.25) is 4.79 Å². The Hall–Kier alpha value is -1.69. The molecule has 0 saturated carbocycles. The largest absolute Gasteiger partial charge is 0.444 e. The Bertz CT molecular complexity index is 536. The van der Waals surface area contributed by atoms with Gasteiger partial charge in [0.2, 0.25) is 0 Å². The van der Waals surface area contributed by atoms with E-state index in [9.17, 15) is 9.59 Å². The van der Waals surface area contributed by atoms with Crippen molar-refractivity contribution in [3.63, 3.8) is 0 Å². The van der Waals surface area contributed by atoms with Gasteiger partial charge in [0.25, 0.3) is 5.91 Å². The molecule has 1 aliphatic rings. The number of rotatable bonds is 2. The molecule has 0 aliphatic carbocycles. The third-order valence-corrected chi connectivity index (χ3v) is 3.29. The van der Waals surface area contributed by atoms with Gasteiger partial charge in [0, 0.05) is 19.3 Å². The zero-order valence-electron chi connectivity index (χ0n) is 12.4. The van der Waals surface area contributed by atoms with Crippen molar-refractivity contribution < 1.29 is 14.3 Å². The number of nitrogens with zero attached hydrogens (tertiary/aromatic N) is 1. The van der Waals surface area contributed by atoms with Crippen molar-refractivity contribution in [3.8, 4) is 0 Å². The average molecular weight is 314 g/mol. The van der Waals surface area contributed by atoms with E-state index in [0.717, 1.165) is 0 Å². The Morgan fingerprint density at radius 3 is 2.76 bits per heavy atom. The summed E-state index contributed by atoms with van der Waals surface area (Å²) in [7, 11) is 0. The van der Waals surface area contributed by atoms with Crippen LogP contribution in [0.5, 0.6) is 0 Å². The first kappa shape index (κ1) is 15.7. The summed E-state index contributed by atoms with van der Waals surface area (Å²) in [5.74, 6) is -0.115. The third kappa shape index (κ3) is 4.39. The van der Waals surface area contributed by atoms with Crippen LogP contribution in [0.15, 0.2) is 12.3 Å². The van der Waals surface area contributed by atoms with Crippen LogP contribution < -0.4 is 5.32 Å². The van der Waals surface area contributed by atoms with Crippen LogP contribution in [-0.4, -0.2) is 46.6 Å². The lowest BCUT2D eigenvalue weighted by Crippen LogP contribution is -2.41. The van der Waals surface area contributed by atoms with Crippen molar-refractivity contribution in [2.45, 2.75) is 38.8 Å². The summed E-state index contributed by atoms with van der Waals surface area (Å²) in [6, 6.07) is 1.51. The second-order valence-electron chi connectivity index (χ2n) is 6.11. The minimum Gasteiger partial charge on any atom is -0.444 e. The van der Waals surface area contributed by atoms with E-state index in [4.69, 9.17) is 16.3 Å². The van der Waals surface area contributed by atoms with Gasteiger partial charge in [-0.05, 0) is 33.3 Å². The minimum absolute atomic E-state index is 0.0887. The minimum atomic E-state index is -0.529. The van der Waals surface area contributed by atoms with Crippen LogP contribution >= 0.6 is 11.6 Å². The van der Waals surface area contributed by atoms with Crippen LogP contribution in [0.1, 0.15) is 37.7 Å². The molecule has 0 spiro atoms. The van der Waals surface area contributed by atoms with Gasteiger partial charge in [0.15, 0.2) is 0 Å². The van der Waals surface area contributed by atoms with Crippen LogP contribution in [0.3, 0.4) is 0 Å². The molecular weight excluding hydrogens is 294 g/mol. The first-order valence-corrected chi connectivity index (χ1v) is 7.25. The standard InChI is InChI=1S/C14H20ClN3O3/c1-14(2,3)21-13(20)17-10-4-5-18(8-10)12(19)11-6-9(15)7-16-11/h6-7,10,16H,4-5,8H2,1-3H3,(H,17,20)/t10-/m0/s1. The second kappa shape index (κ2) is 5.97. The highest BCUT2D eigenvalue weighted by Gasteiger charge is 2.29. The van der Waals surface area contributed by atoms with Crippen LogP contribution in [0, 0.1) is 0 Å². The highest BCUT2D eigenvalue weighted by molar-refractivity contribution is 6.30. The summed E-state index contributed by atoms with van der Waals surface area (Å²) in [5.41, 5.74) is -0.0722. The lowest BCUT2D eigenvalue weighted by Gasteiger charge is -2.22. The van der Waals surface area contributed by atoms with E-state index in [2.05, 4.69) is 10.3 Å². The van der Waals surface area contributed by atoms with Gasteiger partial charge in [0.1, 0.15) is 11.3 Å². The Kier molecular flexibility index (Phi) is 4.46. The summed E-state index contributed by atoms with van der Waals surface area (Å²) < 4.78 is 5.21. The van der Waals surface area contributed by atoms with E-state index in [0.29, 0.717) is 30.2 Å². The Morgan fingerprint density at radius 2 is 2.19 bits per heavy atom. The molecule has 1 aliphatic heterocycles. The van der Waals surface area contributed by atoms with Crippen LogP contribution in [0.4, 0.5) is 4.79 Å². The van der Waals surface area contributed by atoms with Crippen LogP contribution in [0.2, 0.25) is 5.02 Å². The normalized spacial score (nSPS) is 18.7. The molecule has 0 unspecified atom stereocenters. The van der Waals surface area contributed by atoms with Crippen molar-refractivity contribution in [2.24, 2.45) is 0 Å². The highest BCUT2D eigenvalue weighted by Crippen LogP contribution is 2.16. The van der Waals surface area contributed by atoms with Gasteiger partial charge in [-0.1, -0.05) is 11.6 Å². The molecule has 116 valence electrons. The van der Waals surface area contributed by atoms with E-state index < -0.39 is 11.7 Å². The van der Waals surface area contributed by atoms with Gasteiger partial charge >= 0.3 is 6.09 Å². The van der Waals surface area contributed by atoms with E-state index in [1.54, 1.807) is 17.2 Å². The number of nitrogens with one attached hydrogen (secondary N) is 2. The number of carbonyl (C=O) groups is 2. The van der Waals surface area contributed by atoms with Crippen molar-refractivity contribution >= 4 is 23.6 Å². The Labute approximate surface area is 128 Å². The molecule has 21 heavy (non-hydrogen) atoms. The highest BCUT2D eigenvalue weighted by atomic mass is 35.5. The molecule has 2 amide bonds. The van der Waals surface area contributed by atoms with Crippen LogP contribution in [-0.2, 0) is 4.74 Å². The number of carbonyl (C=O) groups excluding carboxylic acids is 2. The van der Waals surface area contributed by atoms with E-state index in [1.165, 1.54) is 0 Å². The number of hydrogen-bond acceptors (Lipinski definition) is 3. The average Bonchev–Trinajstić information content (AvgIpc) is 2.95. The van der Waals surface area contributed by atoms with Gasteiger partial charge in [0.05, 0.1) is 11.1 Å². The maximum atomic E-state index is 12.2. The number of amides is 2. The fourth-order valence-electron chi connectivity index (χ4n) is 2.20. The Morgan fingerprint density at radius 1 is 1.48 bits per heavy atom. The number of H-pyrrole nitrogens is 1. The zero-order valence-corrected chi connectivity index (χ0v) is 13.2. The topological polar surface area (TPSA) is 74.4 Å². The van der Waals surface area contributed by atoms with Crippen molar-refractivity contribution in [3.05, 3.63) is 23.0 Å². The first-order chi connectivity index (χ1) is 9.74. The number of aromatic nitrogens is 1. The first-order valence-electron chi connectivity index (χ1n) is 6.87. The van der Waals surface area contributed by atoms with E-state index in [1.807, 2.05) is 20.8 Å². The molecule has 0 bridgehead atoms.